The number of aliphatic imine (C=N–C) groups is 1. The lowest BCUT2D eigenvalue weighted by Gasteiger charge is -2.50. The molecule has 2 nitrogen and oxygen atoms in total. The molecule has 1 saturated carbocycles. The smallest absolute Gasteiger partial charge is 0.183 e. The van der Waals surface area contributed by atoms with Gasteiger partial charge in [-0.15, -0.1) is 0 Å². The molecule has 0 aromatic heterocycles. The van der Waals surface area contributed by atoms with E-state index in [1.54, 1.807) is 7.11 Å². The molecule has 2 atom stereocenters. The van der Waals surface area contributed by atoms with Crippen molar-refractivity contribution < 1.29 is 4.74 Å². The van der Waals surface area contributed by atoms with Crippen LogP contribution in [0.4, 0.5) is 0 Å². The fourth-order valence-electron chi connectivity index (χ4n) is 2.75. The molecule has 2 aliphatic rings. The Bertz CT molecular complexity index is 230. The third kappa shape index (κ3) is 1.27. The molecule has 1 aliphatic heterocycles. The summed E-state index contributed by atoms with van der Waals surface area (Å²) in [7, 11) is 1.74. The second kappa shape index (κ2) is 3.00. The Kier molecular flexibility index (Phi) is 2.09. The van der Waals surface area contributed by atoms with Gasteiger partial charge in [0.15, 0.2) is 5.90 Å². The van der Waals surface area contributed by atoms with Crippen LogP contribution >= 0.6 is 0 Å². The molecule has 0 aromatic rings. The Morgan fingerprint density at radius 3 is 2.54 bits per heavy atom. The van der Waals surface area contributed by atoms with E-state index in [1.807, 2.05) is 0 Å². The van der Waals surface area contributed by atoms with E-state index in [-0.39, 0.29) is 0 Å². The average Bonchev–Trinajstić information content (AvgIpc) is 2.06. The van der Waals surface area contributed by atoms with Gasteiger partial charge in [-0.2, -0.15) is 0 Å². The highest BCUT2D eigenvalue weighted by Gasteiger charge is 2.47. The highest BCUT2D eigenvalue weighted by Crippen LogP contribution is 2.53. The van der Waals surface area contributed by atoms with Crippen molar-refractivity contribution in [2.75, 3.05) is 7.11 Å². The zero-order valence-corrected chi connectivity index (χ0v) is 8.84. The molecular formula is C11H19NO. The van der Waals surface area contributed by atoms with Gasteiger partial charge in [-0.1, -0.05) is 13.3 Å². The lowest BCUT2D eigenvalue weighted by Crippen LogP contribution is -2.45. The standard InChI is InChI=1S/C11H19NO/c1-8-9(2)12-10(13-3)7-11(8)5-4-6-11/h8-9H,4-7H2,1-3H3. The minimum absolute atomic E-state index is 0.448. The lowest BCUT2D eigenvalue weighted by atomic mass is 9.57. The van der Waals surface area contributed by atoms with Crippen LogP contribution in [0.3, 0.4) is 0 Å². The van der Waals surface area contributed by atoms with Crippen LogP contribution in [-0.2, 0) is 4.74 Å². The van der Waals surface area contributed by atoms with Crippen LogP contribution in [-0.4, -0.2) is 19.0 Å². The number of hydrogen-bond donors (Lipinski definition) is 0. The van der Waals surface area contributed by atoms with Gasteiger partial charge >= 0.3 is 0 Å². The van der Waals surface area contributed by atoms with Gasteiger partial charge in [0, 0.05) is 6.42 Å². The summed E-state index contributed by atoms with van der Waals surface area (Å²) in [5.74, 6) is 1.71. The van der Waals surface area contributed by atoms with Gasteiger partial charge in [-0.3, -0.25) is 4.99 Å². The molecule has 2 unspecified atom stereocenters. The molecule has 13 heavy (non-hydrogen) atoms. The van der Waals surface area contributed by atoms with Crippen LogP contribution in [0.5, 0.6) is 0 Å². The molecule has 1 heterocycles. The Hall–Kier alpha value is -0.530. The van der Waals surface area contributed by atoms with E-state index in [2.05, 4.69) is 18.8 Å². The van der Waals surface area contributed by atoms with E-state index in [9.17, 15) is 0 Å². The van der Waals surface area contributed by atoms with E-state index < -0.39 is 0 Å². The third-order valence-corrected chi connectivity index (χ3v) is 4.13. The molecule has 0 aromatic carbocycles. The van der Waals surface area contributed by atoms with Crippen molar-refractivity contribution in [3.63, 3.8) is 0 Å². The minimum Gasteiger partial charge on any atom is -0.484 e. The fraction of sp³-hybridized carbons (Fsp3) is 0.909. The average molecular weight is 181 g/mol. The highest BCUT2D eigenvalue weighted by atomic mass is 16.5. The number of methoxy groups -OCH3 is 1. The zero-order chi connectivity index (χ0) is 9.47. The van der Waals surface area contributed by atoms with E-state index >= 15 is 0 Å². The number of hydrogen-bond acceptors (Lipinski definition) is 2. The predicted octanol–water partition coefficient (Wildman–Crippen LogP) is 2.63. The molecule has 0 bridgehead atoms. The first-order valence-corrected chi connectivity index (χ1v) is 5.29. The van der Waals surface area contributed by atoms with Gasteiger partial charge in [0.2, 0.25) is 0 Å². The van der Waals surface area contributed by atoms with Crippen molar-refractivity contribution in [2.24, 2.45) is 16.3 Å². The van der Waals surface area contributed by atoms with Crippen LogP contribution in [0.1, 0.15) is 39.5 Å². The van der Waals surface area contributed by atoms with Crippen LogP contribution in [0, 0.1) is 11.3 Å². The second-order valence-electron chi connectivity index (χ2n) is 4.65. The van der Waals surface area contributed by atoms with Crippen molar-refractivity contribution in [1.82, 2.24) is 0 Å². The van der Waals surface area contributed by atoms with Crippen molar-refractivity contribution in [1.29, 1.82) is 0 Å². The summed E-state index contributed by atoms with van der Waals surface area (Å²) in [4.78, 5) is 4.55. The van der Waals surface area contributed by atoms with E-state index in [0.29, 0.717) is 11.5 Å². The maximum absolute atomic E-state index is 5.29. The van der Waals surface area contributed by atoms with Crippen LogP contribution in [0.15, 0.2) is 4.99 Å². The number of rotatable bonds is 0. The normalized spacial score (nSPS) is 36.7. The molecule has 2 heteroatoms. The largest absolute Gasteiger partial charge is 0.484 e. The second-order valence-corrected chi connectivity index (χ2v) is 4.65. The molecule has 2 rings (SSSR count). The van der Waals surface area contributed by atoms with E-state index in [4.69, 9.17) is 4.74 Å². The van der Waals surface area contributed by atoms with Crippen LogP contribution in [0.25, 0.3) is 0 Å². The molecule has 0 radical (unpaired) electrons. The minimum atomic E-state index is 0.448. The van der Waals surface area contributed by atoms with Gasteiger partial charge in [-0.05, 0) is 31.1 Å². The summed E-state index contributed by atoms with van der Waals surface area (Å²) in [6, 6.07) is 0.448. The summed E-state index contributed by atoms with van der Waals surface area (Å²) < 4.78 is 5.29. The van der Waals surface area contributed by atoms with E-state index in [0.717, 1.165) is 18.2 Å². The molecule has 0 amide bonds. The maximum Gasteiger partial charge on any atom is 0.183 e. The molecule has 0 saturated heterocycles. The van der Waals surface area contributed by atoms with Crippen molar-refractivity contribution in [3.8, 4) is 0 Å². The summed E-state index contributed by atoms with van der Waals surface area (Å²) in [6.45, 7) is 4.56. The molecule has 1 spiro atoms. The number of ether oxygens (including phenoxy) is 1. The quantitative estimate of drug-likeness (QED) is 0.563. The van der Waals surface area contributed by atoms with Crippen molar-refractivity contribution in [2.45, 2.75) is 45.6 Å². The molecular weight excluding hydrogens is 162 g/mol. The Morgan fingerprint density at radius 2 is 2.08 bits per heavy atom. The van der Waals surface area contributed by atoms with Gasteiger partial charge in [0.1, 0.15) is 0 Å². The van der Waals surface area contributed by atoms with Crippen molar-refractivity contribution in [3.05, 3.63) is 0 Å². The number of nitrogens with zero attached hydrogens (tertiary/aromatic N) is 1. The van der Waals surface area contributed by atoms with Crippen LogP contribution < -0.4 is 0 Å². The van der Waals surface area contributed by atoms with Gasteiger partial charge < -0.3 is 4.74 Å². The molecule has 74 valence electrons. The topological polar surface area (TPSA) is 21.6 Å². The van der Waals surface area contributed by atoms with Crippen molar-refractivity contribution >= 4 is 5.90 Å². The van der Waals surface area contributed by atoms with E-state index in [1.165, 1.54) is 19.3 Å². The monoisotopic (exact) mass is 181 g/mol. The molecule has 1 aliphatic carbocycles. The summed E-state index contributed by atoms with van der Waals surface area (Å²) >= 11 is 0. The molecule has 1 fully saturated rings. The first-order chi connectivity index (χ1) is 6.18. The van der Waals surface area contributed by atoms with Gasteiger partial charge in [0.05, 0.1) is 13.2 Å². The summed E-state index contributed by atoms with van der Waals surface area (Å²) in [5.41, 5.74) is 0.548. The van der Waals surface area contributed by atoms with Gasteiger partial charge in [-0.25, -0.2) is 0 Å². The highest BCUT2D eigenvalue weighted by molar-refractivity contribution is 5.78. The first-order valence-electron chi connectivity index (χ1n) is 5.29. The Morgan fingerprint density at radius 1 is 1.38 bits per heavy atom. The summed E-state index contributed by atoms with van der Waals surface area (Å²) in [5, 5.41) is 0. The Labute approximate surface area is 80.4 Å². The van der Waals surface area contributed by atoms with Crippen LogP contribution in [0.2, 0.25) is 0 Å². The first kappa shape index (κ1) is 9.04. The SMILES string of the molecule is COC1=NC(C)C(C)C2(CCC2)C1. The fourth-order valence-corrected chi connectivity index (χ4v) is 2.75. The lowest BCUT2D eigenvalue weighted by molar-refractivity contribution is 0.0390. The van der Waals surface area contributed by atoms with Gasteiger partial charge in [0.25, 0.3) is 0 Å². The maximum atomic E-state index is 5.29. The predicted molar refractivity (Wildman–Crippen MR) is 54.0 cm³/mol. The third-order valence-electron chi connectivity index (χ3n) is 4.13. The molecule has 0 N–H and O–H groups in total. The summed E-state index contributed by atoms with van der Waals surface area (Å²) in [6.07, 6.45) is 5.23. The Balaban J connectivity index is 2.19. The zero-order valence-electron chi connectivity index (χ0n) is 8.84.